The predicted molar refractivity (Wildman–Crippen MR) is 105 cm³/mol. The maximum Gasteiger partial charge on any atom is 0.252 e. The van der Waals surface area contributed by atoms with E-state index in [0.717, 1.165) is 25.7 Å². The number of aliphatic hydroxyl groups excluding tert-OH is 2. The number of fused-ring (bicyclic) bond motifs is 1. The normalized spacial score (nSPS) is 23.7. The van der Waals surface area contributed by atoms with Crippen LogP contribution in [0.5, 0.6) is 0 Å². The number of unbranched alkanes of at least 4 members (excludes halogenated alkanes) is 2. The van der Waals surface area contributed by atoms with Gasteiger partial charge in [0.25, 0.3) is 5.91 Å². The summed E-state index contributed by atoms with van der Waals surface area (Å²) in [6, 6.07) is 0. The average Bonchev–Trinajstić information content (AvgIpc) is 3.25. The third kappa shape index (κ3) is 4.32. The maximum absolute atomic E-state index is 12.2. The number of imidazole rings is 1. The minimum Gasteiger partial charge on any atom is -0.387 e. The lowest BCUT2D eigenvalue weighted by atomic mass is 10.1. The van der Waals surface area contributed by atoms with Gasteiger partial charge < -0.3 is 26.0 Å². The van der Waals surface area contributed by atoms with Crippen molar-refractivity contribution in [2.75, 3.05) is 12.3 Å². The fourth-order valence-electron chi connectivity index (χ4n) is 3.04. The molecular formula is C19H26N6O4. The van der Waals surface area contributed by atoms with Gasteiger partial charge in [-0.05, 0) is 18.8 Å². The van der Waals surface area contributed by atoms with Crippen LogP contribution < -0.4 is 11.1 Å². The molecule has 156 valence electrons. The Kier molecular flexibility index (Phi) is 6.64. The van der Waals surface area contributed by atoms with Gasteiger partial charge in [-0.3, -0.25) is 9.36 Å². The second-order valence-electron chi connectivity index (χ2n) is 6.88. The maximum atomic E-state index is 12.2. The van der Waals surface area contributed by atoms with Crippen molar-refractivity contribution >= 4 is 22.9 Å². The van der Waals surface area contributed by atoms with Gasteiger partial charge in [0.05, 0.1) is 6.33 Å². The first-order valence-corrected chi connectivity index (χ1v) is 9.76. The molecule has 3 heterocycles. The van der Waals surface area contributed by atoms with E-state index in [1.54, 1.807) is 0 Å². The number of amides is 1. The zero-order valence-electron chi connectivity index (χ0n) is 16.5. The van der Waals surface area contributed by atoms with E-state index in [1.165, 1.54) is 10.9 Å². The number of nitrogens with two attached hydrogens (primary N) is 1. The van der Waals surface area contributed by atoms with Gasteiger partial charge in [-0.1, -0.05) is 26.2 Å². The summed E-state index contributed by atoms with van der Waals surface area (Å²) in [5.41, 5.74) is 6.62. The molecule has 1 aliphatic rings. The van der Waals surface area contributed by atoms with E-state index in [-0.39, 0.29) is 11.6 Å². The molecule has 2 aromatic rings. The molecule has 0 aliphatic carbocycles. The van der Waals surface area contributed by atoms with Gasteiger partial charge in [-0.2, -0.15) is 0 Å². The summed E-state index contributed by atoms with van der Waals surface area (Å²) in [4.78, 5) is 24.9. The van der Waals surface area contributed by atoms with Gasteiger partial charge in [-0.25, -0.2) is 15.0 Å². The van der Waals surface area contributed by atoms with Crippen LogP contribution in [0.3, 0.4) is 0 Å². The summed E-state index contributed by atoms with van der Waals surface area (Å²) in [5, 5.41) is 23.4. The first-order chi connectivity index (χ1) is 14.0. The van der Waals surface area contributed by atoms with Gasteiger partial charge in [0.1, 0.15) is 17.7 Å². The number of carbonyl (C=O) groups is 1. The smallest absolute Gasteiger partial charge is 0.252 e. The highest BCUT2D eigenvalue weighted by molar-refractivity contribution is 5.83. The highest BCUT2D eigenvalue weighted by atomic mass is 16.6. The van der Waals surface area contributed by atoms with Gasteiger partial charge in [0.2, 0.25) is 5.82 Å². The van der Waals surface area contributed by atoms with Crippen LogP contribution in [0.15, 0.2) is 6.33 Å². The average molecular weight is 402 g/mol. The second-order valence-corrected chi connectivity index (χ2v) is 6.88. The van der Waals surface area contributed by atoms with Crippen LogP contribution in [0, 0.1) is 11.8 Å². The van der Waals surface area contributed by atoms with Crippen LogP contribution in [0.1, 0.15) is 51.6 Å². The molecule has 1 amide bonds. The summed E-state index contributed by atoms with van der Waals surface area (Å²) < 4.78 is 7.10. The van der Waals surface area contributed by atoms with Crippen molar-refractivity contribution < 1.29 is 19.7 Å². The summed E-state index contributed by atoms with van der Waals surface area (Å²) in [5.74, 6) is 5.78. The van der Waals surface area contributed by atoms with E-state index in [0.29, 0.717) is 17.7 Å². The molecule has 1 aliphatic heterocycles. The first-order valence-electron chi connectivity index (χ1n) is 9.76. The van der Waals surface area contributed by atoms with E-state index in [2.05, 4.69) is 39.0 Å². The number of nitrogens with zero attached hydrogens (tertiary/aromatic N) is 4. The number of anilines is 1. The molecule has 1 fully saturated rings. The molecule has 0 radical (unpaired) electrons. The Balaban J connectivity index is 1.89. The van der Waals surface area contributed by atoms with Crippen molar-refractivity contribution in [3.8, 4) is 11.8 Å². The number of aromatic nitrogens is 4. The standard InChI is InChI=1S/C19H26N6O4/c1-3-5-6-7-8-11-23-16(20)12-17(24-11)25(10-22-12)19-14(27)13(26)15(29-19)18(28)21-9-4-2/h10,13-15,19,26-27H,3-6,9H2,1-2H3,(H,21,28)(H2,20,23,24)/t13-,14+,15-,19?/m0/s1. The number of ether oxygens (including phenoxy) is 1. The van der Waals surface area contributed by atoms with Gasteiger partial charge >= 0.3 is 0 Å². The fraction of sp³-hybridized carbons (Fsp3) is 0.579. The van der Waals surface area contributed by atoms with Crippen LogP contribution in [-0.2, 0) is 9.53 Å². The van der Waals surface area contributed by atoms with Crippen molar-refractivity contribution in [1.82, 2.24) is 24.8 Å². The van der Waals surface area contributed by atoms with Crippen LogP contribution in [0.2, 0.25) is 0 Å². The van der Waals surface area contributed by atoms with Crippen LogP contribution in [0.4, 0.5) is 5.82 Å². The summed E-state index contributed by atoms with van der Waals surface area (Å²) in [6.45, 7) is 4.44. The van der Waals surface area contributed by atoms with E-state index in [4.69, 9.17) is 10.5 Å². The van der Waals surface area contributed by atoms with Crippen molar-refractivity contribution in [3.63, 3.8) is 0 Å². The molecule has 2 aromatic heterocycles. The summed E-state index contributed by atoms with van der Waals surface area (Å²) in [6.07, 6.45) is -0.125. The highest BCUT2D eigenvalue weighted by Crippen LogP contribution is 2.32. The van der Waals surface area contributed by atoms with Crippen molar-refractivity contribution in [1.29, 1.82) is 0 Å². The van der Waals surface area contributed by atoms with E-state index < -0.39 is 30.4 Å². The van der Waals surface area contributed by atoms with E-state index >= 15 is 0 Å². The number of hydrogen-bond donors (Lipinski definition) is 4. The molecule has 10 nitrogen and oxygen atoms in total. The molecule has 1 unspecified atom stereocenters. The van der Waals surface area contributed by atoms with Crippen LogP contribution in [-0.4, -0.2) is 60.5 Å². The van der Waals surface area contributed by atoms with Crippen molar-refractivity contribution in [2.24, 2.45) is 0 Å². The molecule has 5 N–H and O–H groups in total. The number of rotatable bonds is 6. The highest BCUT2D eigenvalue weighted by Gasteiger charge is 2.47. The van der Waals surface area contributed by atoms with Crippen LogP contribution >= 0.6 is 0 Å². The largest absolute Gasteiger partial charge is 0.387 e. The molecule has 0 saturated carbocycles. The predicted octanol–water partition coefficient (Wildman–Crippen LogP) is 0.0956. The lowest BCUT2D eigenvalue weighted by Gasteiger charge is -2.16. The molecule has 0 spiro atoms. The molecule has 3 rings (SSSR count). The number of nitrogens with one attached hydrogen (secondary N) is 1. The molecule has 1 saturated heterocycles. The van der Waals surface area contributed by atoms with Gasteiger partial charge in [0.15, 0.2) is 23.8 Å². The monoisotopic (exact) mass is 402 g/mol. The Bertz CT molecular complexity index is 934. The zero-order valence-corrected chi connectivity index (χ0v) is 16.5. The van der Waals surface area contributed by atoms with Crippen molar-refractivity contribution in [3.05, 3.63) is 12.2 Å². The first kappa shape index (κ1) is 21.0. The minimum absolute atomic E-state index is 0.152. The molecular weight excluding hydrogens is 376 g/mol. The Morgan fingerprint density at radius 2 is 2.10 bits per heavy atom. The number of aliphatic hydroxyl groups is 2. The summed E-state index contributed by atoms with van der Waals surface area (Å²) in [7, 11) is 0. The quantitative estimate of drug-likeness (QED) is 0.393. The molecule has 0 aromatic carbocycles. The third-order valence-corrected chi connectivity index (χ3v) is 4.62. The second kappa shape index (κ2) is 9.17. The zero-order chi connectivity index (χ0) is 21.0. The Morgan fingerprint density at radius 3 is 2.83 bits per heavy atom. The Morgan fingerprint density at radius 1 is 1.31 bits per heavy atom. The van der Waals surface area contributed by atoms with Crippen molar-refractivity contribution in [2.45, 2.75) is 64.1 Å². The lowest BCUT2D eigenvalue weighted by molar-refractivity contribution is -0.137. The third-order valence-electron chi connectivity index (χ3n) is 4.62. The SMILES string of the molecule is CCCCC#Cc1nc(N)c2ncn(C3O[C@H](C(=O)NCCC)[C@@H](O)[C@H]3O)c2n1. The van der Waals surface area contributed by atoms with Gasteiger partial charge in [0, 0.05) is 13.0 Å². The fourth-order valence-corrected chi connectivity index (χ4v) is 3.04. The number of carbonyl (C=O) groups excluding carboxylic acids is 1. The Labute approximate surface area is 168 Å². The topological polar surface area (TPSA) is 148 Å². The minimum atomic E-state index is -1.39. The van der Waals surface area contributed by atoms with E-state index in [1.807, 2.05) is 6.92 Å². The number of hydrogen-bond acceptors (Lipinski definition) is 8. The molecule has 4 atom stereocenters. The Hall–Kier alpha value is -2.74. The summed E-state index contributed by atoms with van der Waals surface area (Å²) >= 11 is 0. The molecule has 29 heavy (non-hydrogen) atoms. The molecule has 10 heteroatoms. The van der Waals surface area contributed by atoms with Crippen LogP contribution in [0.25, 0.3) is 11.2 Å². The lowest BCUT2D eigenvalue weighted by Crippen LogP contribution is -2.42. The van der Waals surface area contributed by atoms with Gasteiger partial charge in [-0.15, -0.1) is 0 Å². The number of nitrogen functional groups attached to an aromatic ring is 1. The van der Waals surface area contributed by atoms with E-state index in [9.17, 15) is 15.0 Å². The molecule has 0 bridgehead atoms.